The van der Waals surface area contributed by atoms with Crippen molar-refractivity contribution in [1.29, 1.82) is 0 Å². The molecule has 0 saturated carbocycles. The number of phenols is 1. The smallest absolute Gasteiger partial charge is 0.243 e. The minimum atomic E-state index is -0.0933. The van der Waals surface area contributed by atoms with Crippen LogP contribution in [0.5, 0.6) is 11.6 Å². The Bertz CT molecular complexity index is 1220. The number of aryl methyl sites for hydroxylation is 3. The molecule has 0 aliphatic carbocycles. The van der Waals surface area contributed by atoms with E-state index < -0.39 is 0 Å². The van der Waals surface area contributed by atoms with Crippen LogP contribution in [0.15, 0.2) is 64.8 Å². The molecule has 4 aromatic rings. The Labute approximate surface area is 162 Å². The fourth-order valence-electron chi connectivity index (χ4n) is 3.11. The summed E-state index contributed by atoms with van der Waals surface area (Å²) in [5.41, 5.74) is 4.19. The molecule has 0 unspecified atom stereocenters. The zero-order chi connectivity index (χ0) is 19.8. The Kier molecular flexibility index (Phi) is 4.31. The molecule has 0 bridgehead atoms. The summed E-state index contributed by atoms with van der Waals surface area (Å²) in [6.07, 6.45) is 0. The van der Waals surface area contributed by atoms with Gasteiger partial charge in [0.2, 0.25) is 5.88 Å². The maximum atomic E-state index is 10.7. The second-order valence-corrected chi connectivity index (χ2v) is 6.79. The monoisotopic (exact) mass is 372 g/mol. The summed E-state index contributed by atoms with van der Waals surface area (Å²) in [7, 11) is 0. The van der Waals surface area contributed by atoms with Crippen LogP contribution in [0.3, 0.4) is 0 Å². The van der Waals surface area contributed by atoms with Crippen LogP contribution in [0.4, 0.5) is 11.4 Å². The molecule has 140 valence electrons. The predicted molar refractivity (Wildman–Crippen MR) is 109 cm³/mol. The summed E-state index contributed by atoms with van der Waals surface area (Å²) in [6, 6.07) is 16.8. The minimum absolute atomic E-state index is 0.0288. The van der Waals surface area contributed by atoms with E-state index in [1.54, 1.807) is 13.0 Å². The van der Waals surface area contributed by atoms with E-state index in [0.29, 0.717) is 11.4 Å². The molecular formula is C22H20N4O2. The van der Waals surface area contributed by atoms with Crippen LogP contribution >= 0.6 is 0 Å². The molecule has 0 aliphatic rings. The summed E-state index contributed by atoms with van der Waals surface area (Å²) in [6.45, 7) is 5.80. The van der Waals surface area contributed by atoms with Crippen LogP contribution in [0, 0.1) is 20.8 Å². The number of aromatic hydroxyl groups is 2. The van der Waals surface area contributed by atoms with Gasteiger partial charge in [-0.15, -0.1) is 10.2 Å². The van der Waals surface area contributed by atoms with Crippen molar-refractivity contribution in [2.45, 2.75) is 20.8 Å². The van der Waals surface area contributed by atoms with E-state index in [4.69, 9.17) is 0 Å². The number of hydrogen-bond acceptors (Lipinski definition) is 5. The summed E-state index contributed by atoms with van der Waals surface area (Å²) in [5, 5.41) is 35.5. The lowest BCUT2D eigenvalue weighted by Gasteiger charge is -2.06. The Morgan fingerprint density at radius 3 is 2.36 bits per heavy atom. The van der Waals surface area contributed by atoms with Crippen molar-refractivity contribution in [3.05, 3.63) is 71.4 Å². The minimum Gasteiger partial charge on any atom is -0.506 e. The molecule has 2 N–H and O–H groups in total. The van der Waals surface area contributed by atoms with Crippen LogP contribution in [-0.4, -0.2) is 20.0 Å². The van der Waals surface area contributed by atoms with Crippen molar-refractivity contribution >= 4 is 22.1 Å². The lowest BCUT2D eigenvalue weighted by atomic mass is 10.1. The first kappa shape index (κ1) is 17.7. The first-order chi connectivity index (χ1) is 13.5. The topological polar surface area (TPSA) is 83.0 Å². The zero-order valence-electron chi connectivity index (χ0n) is 15.9. The van der Waals surface area contributed by atoms with E-state index in [2.05, 4.69) is 15.3 Å². The quantitative estimate of drug-likeness (QED) is 0.447. The van der Waals surface area contributed by atoms with Gasteiger partial charge in [0.1, 0.15) is 11.4 Å². The Morgan fingerprint density at radius 2 is 1.57 bits per heavy atom. The van der Waals surface area contributed by atoms with Crippen LogP contribution in [0.1, 0.15) is 16.8 Å². The van der Waals surface area contributed by atoms with Gasteiger partial charge in [-0.1, -0.05) is 36.4 Å². The van der Waals surface area contributed by atoms with Gasteiger partial charge in [0.05, 0.1) is 11.4 Å². The van der Waals surface area contributed by atoms with Crippen molar-refractivity contribution in [2.75, 3.05) is 0 Å². The van der Waals surface area contributed by atoms with Crippen molar-refractivity contribution < 1.29 is 10.2 Å². The Morgan fingerprint density at radius 1 is 0.821 bits per heavy atom. The summed E-state index contributed by atoms with van der Waals surface area (Å²) < 4.78 is 1.44. The molecular weight excluding hydrogens is 352 g/mol. The van der Waals surface area contributed by atoms with Gasteiger partial charge >= 0.3 is 0 Å². The highest BCUT2D eigenvalue weighted by Crippen LogP contribution is 2.38. The van der Waals surface area contributed by atoms with Crippen LogP contribution in [-0.2, 0) is 0 Å². The number of benzene rings is 3. The molecule has 0 fully saturated rings. The normalized spacial score (nSPS) is 11.5. The molecule has 4 rings (SSSR count). The lowest BCUT2D eigenvalue weighted by molar-refractivity contribution is 0.434. The van der Waals surface area contributed by atoms with Crippen LogP contribution in [0.25, 0.3) is 16.5 Å². The third kappa shape index (κ3) is 2.99. The predicted octanol–water partition coefficient (Wildman–Crippen LogP) is 5.78. The first-order valence-corrected chi connectivity index (χ1v) is 8.94. The summed E-state index contributed by atoms with van der Waals surface area (Å²) in [4.78, 5) is 0. The number of aromatic nitrogens is 2. The second kappa shape index (κ2) is 6.81. The van der Waals surface area contributed by atoms with Crippen LogP contribution < -0.4 is 0 Å². The maximum absolute atomic E-state index is 10.7. The number of fused-ring (bicyclic) bond motifs is 1. The molecule has 0 amide bonds. The molecule has 28 heavy (non-hydrogen) atoms. The summed E-state index contributed by atoms with van der Waals surface area (Å²) >= 11 is 0. The number of hydrogen-bond donors (Lipinski definition) is 2. The maximum Gasteiger partial charge on any atom is 0.243 e. The van der Waals surface area contributed by atoms with Gasteiger partial charge in [-0.2, -0.15) is 9.78 Å². The summed E-state index contributed by atoms with van der Waals surface area (Å²) in [5.74, 6) is -0.0645. The van der Waals surface area contributed by atoms with Crippen molar-refractivity contribution in [3.8, 4) is 17.3 Å². The van der Waals surface area contributed by atoms with Gasteiger partial charge < -0.3 is 10.2 Å². The third-order valence-electron chi connectivity index (χ3n) is 4.87. The Balaban J connectivity index is 1.79. The third-order valence-corrected chi connectivity index (χ3v) is 4.87. The van der Waals surface area contributed by atoms with Gasteiger partial charge in [0.25, 0.3) is 0 Å². The number of azo groups is 1. The molecule has 1 aromatic heterocycles. The standard InChI is InChI=1S/C22H20N4O2/c1-13-8-10-17(12-14(13)2)26-22(28)20(15(3)25-26)23-24-21-18-7-5-4-6-16(18)9-11-19(21)27/h4-12,27-28H,1-3H3/b24-23+. The van der Waals surface area contributed by atoms with E-state index >= 15 is 0 Å². The fourth-order valence-corrected chi connectivity index (χ4v) is 3.11. The van der Waals surface area contributed by atoms with Gasteiger partial charge in [-0.05, 0) is 55.5 Å². The van der Waals surface area contributed by atoms with Crippen molar-refractivity contribution in [1.82, 2.24) is 9.78 Å². The van der Waals surface area contributed by atoms with E-state index in [0.717, 1.165) is 22.0 Å². The van der Waals surface area contributed by atoms with Gasteiger partial charge in [-0.3, -0.25) is 0 Å². The fraction of sp³-hybridized carbons (Fsp3) is 0.136. The molecule has 0 saturated heterocycles. The largest absolute Gasteiger partial charge is 0.506 e. The molecule has 6 heteroatoms. The highest BCUT2D eigenvalue weighted by Gasteiger charge is 2.16. The van der Waals surface area contributed by atoms with Gasteiger partial charge in [0, 0.05) is 5.39 Å². The van der Waals surface area contributed by atoms with Crippen molar-refractivity contribution in [3.63, 3.8) is 0 Å². The Hall–Kier alpha value is -3.67. The second-order valence-electron chi connectivity index (χ2n) is 6.79. The van der Waals surface area contributed by atoms with E-state index in [1.807, 2.05) is 62.4 Å². The zero-order valence-corrected chi connectivity index (χ0v) is 15.9. The average Bonchev–Trinajstić information content (AvgIpc) is 2.97. The van der Waals surface area contributed by atoms with Crippen LogP contribution in [0.2, 0.25) is 0 Å². The highest BCUT2D eigenvalue weighted by atomic mass is 16.3. The molecule has 0 radical (unpaired) electrons. The molecule has 6 nitrogen and oxygen atoms in total. The number of rotatable bonds is 3. The van der Waals surface area contributed by atoms with E-state index in [-0.39, 0.29) is 17.3 Å². The SMILES string of the molecule is Cc1ccc(-n2nc(C)c(/N=N/c3c(O)ccc4ccccc34)c2O)cc1C. The van der Waals surface area contributed by atoms with E-state index in [1.165, 1.54) is 10.2 Å². The molecule has 0 spiro atoms. The van der Waals surface area contributed by atoms with E-state index in [9.17, 15) is 10.2 Å². The van der Waals surface area contributed by atoms with Gasteiger partial charge in [-0.25, -0.2) is 0 Å². The van der Waals surface area contributed by atoms with Crippen molar-refractivity contribution in [2.24, 2.45) is 10.2 Å². The number of phenolic OH excluding ortho intramolecular Hbond substituents is 1. The molecule has 0 aliphatic heterocycles. The molecule has 0 atom stereocenters. The first-order valence-electron chi connectivity index (χ1n) is 8.94. The highest BCUT2D eigenvalue weighted by molar-refractivity contribution is 5.95. The molecule has 1 heterocycles. The number of nitrogens with zero attached hydrogens (tertiary/aromatic N) is 4. The van der Waals surface area contributed by atoms with Gasteiger partial charge in [0.15, 0.2) is 5.69 Å². The lowest BCUT2D eigenvalue weighted by Crippen LogP contribution is -1.97. The average molecular weight is 372 g/mol. The molecule has 3 aromatic carbocycles.